The van der Waals surface area contributed by atoms with Gasteiger partial charge in [0.15, 0.2) is 0 Å². The van der Waals surface area contributed by atoms with Crippen LogP contribution >= 0.6 is 0 Å². The molecule has 1 N–H and O–H groups in total. The van der Waals surface area contributed by atoms with Crippen LogP contribution in [0.25, 0.3) is 0 Å². The van der Waals surface area contributed by atoms with Gasteiger partial charge in [0.05, 0.1) is 13.2 Å². The molecule has 0 aliphatic heterocycles. The number of hydrogen-bond acceptors (Lipinski definition) is 3. The Labute approximate surface area is 203 Å². The van der Waals surface area contributed by atoms with Crippen LogP contribution in [0.3, 0.4) is 0 Å². The Morgan fingerprint density at radius 2 is 1.24 bits per heavy atom. The molecule has 0 bridgehead atoms. The quantitative estimate of drug-likeness (QED) is 0.247. The molecule has 0 saturated heterocycles. The van der Waals surface area contributed by atoms with E-state index in [0.29, 0.717) is 26.4 Å². The highest BCUT2D eigenvalue weighted by atomic mass is 16.5. The Bertz CT molecular complexity index is 1170. The lowest BCUT2D eigenvalue weighted by Crippen LogP contribution is -2.30. The van der Waals surface area contributed by atoms with Gasteiger partial charge in [0.2, 0.25) is 0 Å². The molecule has 3 aromatic carbocycles. The van der Waals surface area contributed by atoms with Crippen LogP contribution in [0.4, 0.5) is 0 Å². The summed E-state index contributed by atoms with van der Waals surface area (Å²) in [6.07, 6.45) is 0.943. The Morgan fingerprint density at radius 3 is 1.79 bits per heavy atom. The molecule has 0 aromatic heterocycles. The molecule has 0 aliphatic carbocycles. The van der Waals surface area contributed by atoms with Gasteiger partial charge in [-0.1, -0.05) is 91.6 Å². The maximum atomic E-state index is 12.4. The maximum absolute atomic E-state index is 12.4. The molecule has 0 fully saturated rings. The van der Waals surface area contributed by atoms with E-state index < -0.39 is 5.60 Å². The lowest BCUT2D eigenvalue weighted by Gasteiger charge is -2.32. The molecule has 34 heavy (non-hydrogen) atoms. The van der Waals surface area contributed by atoms with Gasteiger partial charge in [0.1, 0.15) is 18.8 Å². The van der Waals surface area contributed by atoms with E-state index in [0.717, 1.165) is 34.2 Å². The fourth-order valence-corrected chi connectivity index (χ4v) is 3.88. The largest absolute Gasteiger partial charge is 0.376 e. The average molecular weight is 453 g/mol. The smallest absolute Gasteiger partial charge is 0.140 e. The van der Waals surface area contributed by atoms with Crippen molar-refractivity contribution in [3.63, 3.8) is 0 Å². The lowest BCUT2D eigenvalue weighted by atomic mass is 9.78. The van der Waals surface area contributed by atoms with Gasteiger partial charge in [0, 0.05) is 0 Å². The van der Waals surface area contributed by atoms with Crippen LogP contribution in [-0.2, 0) is 34.7 Å². The summed E-state index contributed by atoms with van der Waals surface area (Å²) in [4.78, 5) is 0. The van der Waals surface area contributed by atoms with Crippen molar-refractivity contribution in [2.75, 3.05) is 13.2 Å². The molecule has 0 aliphatic rings. The predicted molar refractivity (Wildman–Crippen MR) is 137 cm³/mol. The van der Waals surface area contributed by atoms with Gasteiger partial charge in [-0.3, -0.25) is 0 Å². The predicted octanol–water partition coefficient (Wildman–Crippen LogP) is 5.61. The van der Waals surface area contributed by atoms with Crippen molar-refractivity contribution in [1.82, 2.24) is 0 Å². The molecular weight excluding hydrogens is 420 g/mol. The number of hydrogen-bond donors (Lipinski definition) is 1. The third-order valence-corrected chi connectivity index (χ3v) is 5.79. The zero-order valence-corrected chi connectivity index (χ0v) is 20.2. The summed E-state index contributed by atoms with van der Waals surface area (Å²) < 4.78 is 11.4. The highest BCUT2D eigenvalue weighted by Gasteiger charge is 2.35. The number of ether oxygens (including phenoxy) is 2. The van der Waals surface area contributed by atoms with Crippen LogP contribution < -0.4 is 0 Å². The Kier molecular flexibility index (Phi) is 9.51. The van der Waals surface area contributed by atoms with Crippen molar-refractivity contribution in [2.45, 2.75) is 46.0 Å². The summed E-state index contributed by atoms with van der Waals surface area (Å²) in [6.45, 7) is 7.31. The highest BCUT2D eigenvalue weighted by Crippen LogP contribution is 2.39. The number of rotatable bonds is 10. The van der Waals surface area contributed by atoms with Crippen molar-refractivity contribution in [3.8, 4) is 23.7 Å². The molecule has 0 heterocycles. The van der Waals surface area contributed by atoms with Crippen LogP contribution in [0, 0.1) is 23.7 Å². The van der Waals surface area contributed by atoms with Crippen LogP contribution in [0.5, 0.6) is 0 Å². The molecule has 0 spiro atoms. The summed E-state index contributed by atoms with van der Waals surface area (Å²) in [5.41, 5.74) is 4.24. The third kappa shape index (κ3) is 6.16. The van der Waals surface area contributed by atoms with E-state index in [-0.39, 0.29) is 0 Å². The van der Waals surface area contributed by atoms with Gasteiger partial charge in [0.25, 0.3) is 0 Å². The fraction of sp³-hybridized carbons (Fsp3) is 0.290. The maximum Gasteiger partial charge on any atom is 0.140 e. The van der Waals surface area contributed by atoms with Crippen molar-refractivity contribution in [2.24, 2.45) is 0 Å². The Balaban J connectivity index is 2.02. The van der Waals surface area contributed by atoms with Crippen molar-refractivity contribution >= 4 is 0 Å². The second-order valence-corrected chi connectivity index (χ2v) is 7.95. The minimum Gasteiger partial charge on any atom is -0.376 e. The van der Waals surface area contributed by atoms with E-state index in [9.17, 15) is 5.11 Å². The van der Waals surface area contributed by atoms with E-state index in [1.54, 1.807) is 13.8 Å². The Hall–Kier alpha value is -3.34. The minimum absolute atomic E-state index is 0.353. The van der Waals surface area contributed by atoms with Gasteiger partial charge < -0.3 is 14.6 Å². The molecule has 0 amide bonds. The third-order valence-electron chi connectivity index (χ3n) is 5.79. The summed E-state index contributed by atoms with van der Waals surface area (Å²) in [7, 11) is 0. The van der Waals surface area contributed by atoms with Crippen molar-refractivity contribution in [1.29, 1.82) is 0 Å². The van der Waals surface area contributed by atoms with Crippen LogP contribution in [0.15, 0.2) is 72.8 Å². The summed E-state index contributed by atoms with van der Waals surface area (Å²) >= 11 is 0. The highest BCUT2D eigenvalue weighted by molar-refractivity contribution is 5.50. The molecule has 1 atom stereocenters. The number of aryl methyl sites for hydroxylation is 1. The normalized spacial score (nSPS) is 12.1. The molecule has 174 valence electrons. The van der Waals surface area contributed by atoms with Gasteiger partial charge >= 0.3 is 0 Å². The van der Waals surface area contributed by atoms with E-state index >= 15 is 0 Å². The van der Waals surface area contributed by atoms with Crippen molar-refractivity contribution < 1.29 is 14.6 Å². The summed E-state index contributed by atoms with van der Waals surface area (Å²) in [5, 5.41) is 12.4. The monoisotopic (exact) mass is 452 g/mol. The van der Waals surface area contributed by atoms with Crippen molar-refractivity contribution in [3.05, 3.63) is 106 Å². The first-order valence-electron chi connectivity index (χ1n) is 11.6. The molecular formula is C31H32O3. The zero-order chi connectivity index (χ0) is 24.2. The van der Waals surface area contributed by atoms with E-state index in [4.69, 9.17) is 9.47 Å². The first-order chi connectivity index (χ1) is 16.6. The topological polar surface area (TPSA) is 38.7 Å². The first kappa shape index (κ1) is 25.3. The average Bonchev–Trinajstić information content (AvgIpc) is 2.89. The van der Waals surface area contributed by atoms with Crippen LogP contribution in [0.1, 0.15) is 54.2 Å². The van der Waals surface area contributed by atoms with Crippen LogP contribution in [0.2, 0.25) is 0 Å². The molecule has 3 rings (SSSR count). The summed E-state index contributed by atoms with van der Waals surface area (Å²) in [5.74, 6) is 11.5. The Morgan fingerprint density at radius 1 is 0.706 bits per heavy atom. The SMILES string of the molecule is CC#CCOCc1ccc(C(O)(c2ccc(CC)cc2)c2ccccc2COCC#CC)cc1. The molecule has 0 radical (unpaired) electrons. The van der Waals surface area contributed by atoms with E-state index in [1.807, 2.05) is 60.7 Å². The fourth-order valence-electron chi connectivity index (χ4n) is 3.88. The second kappa shape index (κ2) is 12.8. The second-order valence-electron chi connectivity index (χ2n) is 7.95. The molecule has 1 unspecified atom stereocenters. The van der Waals surface area contributed by atoms with Gasteiger partial charge in [-0.05, 0) is 53.6 Å². The molecule has 0 saturated carbocycles. The van der Waals surface area contributed by atoms with Gasteiger partial charge in [-0.25, -0.2) is 0 Å². The van der Waals surface area contributed by atoms with E-state index in [1.165, 1.54) is 5.56 Å². The molecule has 3 nitrogen and oxygen atoms in total. The number of aliphatic hydroxyl groups is 1. The van der Waals surface area contributed by atoms with Crippen LogP contribution in [-0.4, -0.2) is 18.3 Å². The first-order valence-corrected chi connectivity index (χ1v) is 11.6. The number of benzene rings is 3. The minimum atomic E-state index is -1.34. The molecule has 3 heteroatoms. The van der Waals surface area contributed by atoms with Gasteiger partial charge in [-0.2, -0.15) is 0 Å². The zero-order valence-electron chi connectivity index (χ0n) is 20.2. The standard InChI is InChI=1S/C31H32O3/c1-4-7-21-33-23-26-15-19-29(20-16-26)31(32,28-17-13-25(6-3)14-18-28)30-12-10-9-11-27(30)24-34-22-8-5-2/h9-20,32H,6,21-24H2,1-3H3. The summed E-state index contributed by atoms with van der Waals surface area (Å²) in [6, 6.07) is 24.0. The van der Waals surface area contributed by atoms with Gasteiger partial charge in [-0.15, -0.1) is 11.8 Å². The van der Waals surface area contributed by atoms with E-state index in [2.05, 4.69) is 42.7 Å². The lowest BCUT2D eigenvalue weighted by molar-refractivity contribution is 0.115. The molecule has 3 aromatic rings.